The molecule has 0 spiro atoms. The number of halogens is 2. The topological polar surface area (TPSA) is 58.2 Å². The second-order valence-electron chi connectivity index (χ2n) is 5.07. The van der Waals surface area contributed by atoms with E-state index in [0.29, 0.717) is 6.42 Å². The van der Waals surface area contributed by atoms with Crippen molar-refractivity contribution in [3.05, 3.63) is 59.2 Å². The summed E-state index contributed by atoms with van der Waals surface area (Å²) >= 11 is 0. The fourth-order valence-electron chi connectivity index (χ4n) is 2.36. The molecule has 0 saturated carbocycles. The molecule has 4 nitrogen and oxygen atoms in total. The third-order valence-electron chi connectivity index (χ3n) is 3.36. The van der Waals surface area contributed by atoms with E-state index in [1.807, 2.05) is 0 Å². The number of anilines is 2. The normalized spacial score (nSPS) is 12.7. The quantitative estimate of drug-likeness (QED) is 0.915. The fourth-order valence-corrected chi connectivity index (χ4v) is 2.36. The van der Waals surface area contributed by atoms with Gasteiger partial charge in [-0.05, 0) is 29.3 Å². The van der Waals surface area contributed by atoms with Crippen molar-refractivity contribution in [1.82, 2.24) is 0 Å². The molecule has 2 aromatic carbocycles. The van der Waals surface area contributed by atoms with Crippen molar-refractivity contribution in [3.8, 4) is 0 Å². The Hall–Kier alpha value is -2.76. The molecule has 1 aliphatic rings. The third-order valence-corrected chi connectivity index (χ3v) is 3.36. The summed E-state index contributed by atoms with van der Waals surface area (Å²) in [5.41, 5.74) is 2.55. The smallest absolute Gasteiger partial charge is 0.228 e. The average molecular weight is 302 g/mol. The maximum atomic E-state index is 13.1. The van der Waals surface area contributed by atoms with E-state index in [1.54, 1.807) is 18.2 Å². The van der Waals surface area contributed by atoms with Gasteiger partial charge in [0.25, 0.3) is 0 Å². The van der Waals surface area contributed by atoms with Crippen LogP contribution >= 0.6 is 0 Å². The largest absolute Gasteiger partial charge is 0.326 e. The first-order chi connectivity index (χ1) is 10.5. The minimum absolute atomic E-state index is 0.0709. The number of rotatable bonds is 3. The number of hydrogen-bond donors (Lipinski definition) is 2. The number of benzene rings is 2. The SMILES string of the molecule is O=C(Cc1ccc2c(c1)CC(=O)N2)Nc1ccc(F)c(F)c1. The highest BCUT2D eigenvalue weighted by Crippen LogP contribution is 2.24. The van der Waals surface area contributed by atoms with Gasteiger partial charge in [0.1, 0.15) is 0 Å². The summed E-state index contributed by atoms with van der Waals surface area (Å²) in [6.45, 7) is 0. The number of carbonyl (C=O) groups is 2. The van der Waals surface area contributed by atoms with Crippen LogP contribution in [0.3, 0.4) is 0 Å². The van der Waals surface area contributed by atoms with Crippen molar-refractivity contribution in [1.29, 1.82) is 0 Å². The summed E-state index contributed by atoms with van der Waals surface area (Å²) in [6, 6.07) is 8.46. The Bertz CT molecular complexity index is 775. The predicted octanol–water partition coefficient (Wildman–Crippen LogP) is 2.64. The van der Waals surface area contributed by atoms with Crippen LogP contribution in [-0.4, -0.2) is 11.8 Å². The molecular weight excluding hydrogens is 290 g/mol. The second kappa shape index (κ2) is 5.55. The highest BCUT2D eigenvalue weighted by Gasteiger charge is 2.18. The van der Waals surface area contributed by atoms with Gasteiger partial charge in [0.05, 0.1) is 12.8 Å². The lowest BCUT2D eigenvalue weighted by atomic mass is 10.1. The highest BCUT2D eigenvalue weighted by molar-refractivity contribution is 5.99. The fraction of sp³-hybridized carbons (Fsp3) is 0.125. The van der Waals surface area contributed by atoms with Crippen molar-refractivity contribution in [2.45, 2.75) is 12.8 Å². The molecule has 6 heteroatoms. The number of carbonyl (C=O) groups excluding carboxylic acids is 2. The number of amides is 2. The summed E-state index contributed by atoms with van der Waals surface area (Å²) in [5, 5.41) is 5.22. The van der Waals surface area contributed by atoms with Crippen LogP contribution in [0.4, 0.5) is 20.2 Å². The molecule has 2 aromatic rings. The minimum atomic E-state index is -1.01. The predicted molar refractivity (Wildman–Crippen MR) is 77.5 cm³/mol. The first-order valence-electron chi connectivity index (χ1n) is 6.68. The molecule has 0 aromatic heterocycles. The molecule has 3 rings (SSSR count). The van der Waals surface area contributed by atoms with Gasteiger partial charge in [-0.25, -0.2) is 8.78 Å². The molecule has 22 heavy (non-hydrogen) atoms. The highest BCUT2D eigenvalue weighted by atomic mass is 19.2. The molecule has 112 valence electrons. The Morgan fingerprint density at radius 1 is 1.14 bits per heavy atom. The summed E-state index contributed by atoms with van der Waals surface area (Å²) < 4.78 is 25.9. The molecule has 1 aliphatic heterocycles. The zero-order valence-electron chi connectivity index (χ0n) is 11.5. The van der Waals surface area contributed by atoms with Crippen LogP contribution in [0.2, 0.25) is 0 Å². The molecular formula is C16H12F2N2O2. The lowest BCUT2D eigenvalue weighted by Crippen LogP contribution is -2.14. The first kappa shape index (κ1) is 14.2. The number of nitrogens with one attached hydrogen (secondary N) is 2. The van der Waals surface area contributed by atoms with Crippen LogP contribution in [0.5, 0.6) is 0 Å². The monoisotopic (exact) mass is 302 g/mol. The van der Waals surface area contributed by atoms with E-state index in [2.05, 4.69) is 10.6 Å². The van der Waals surface area contributed by atoms with Gasteiger partial charge in [-0.15, -0.1) is 0 Å². The van der Waals surface area contributed by atoms with E-state index in [0.717, 1.165) is 28.9 Å². The van der Waals surface area contributed by atoms with Crippen molar-refractivity contribution in [2.75, 3.05) is 10.6 Å². The van der Waals surface area contributed by atoms with Crippen LogP contribution in [0.25, 0.3) is 0 Å². The Morgan fingerprint density at radius 2 is 1.95 bits per heavy atom. The Morgan fingerprint density at radius 3 is 2.73 bits per heavy atom. The number of hydrogen-bond acceptors (Lipinski definition) is 2. The van der Waals surface area contributed by atoms with Crippen LogP contribution in [0.15, 0.2) is 36.4 Å². The van der Waals surface area contributed by atoms with Crippen LogP contribution in [-0.2, 0) is 22.4 Å². The van der Waals surface area contributed by atoms with Gasteiger partial charge in [-0.3, -0.25) is 9.59 Å². The van der Waals surface area contributed by atoms with Gasteiger partial charge in [0.2, 0.25) is 11.8 Å². The standard InChI is InChI=1S/C16H12F2N2O2/c17-12-3-2-11(8-13(12)18)19-15(21)6-9-1-4-14-10(5-9)7-16(22)20-14/h1-5,8H,6-7H2,(H,19,21)(H,20,22). The lowest BCUT2D eigenvalue weighted by molar-refractivity contribution is -0.116. The van der Waals surface area contributed by atoms with E-state index < -0.39 is 11.6 Å². The van der Waals surface area contributed by atoms with Crippen molar-refractivity contribution in [2.24, 2.45) is 0 Å². The zero-order chi connectivity index (χ0) is 15.7. The molecule has 0 fully saturated rings. The lowest BCUT2D eigenvalue weighted by Gasteiger charge is -2.07. The summed E-state index contributed by atoms with van der Waals surface area (Å²) in [4.78, 5) is 23.2. The van der Waals surface area contributed by atoms with Crippen molar-refractivity contribution in [3.63, 3.8) is 0 Å². The van der Waals surface area contributed by atoms with Gasteiger partial charge >= 0.3 is 0 Å². The van der Waals surface area contributed by atoms with Crippen molar-refractivity contribution < 1.29 is 18.4 Å². The van der Waals surface area contributed by atoms with E-state index in [4.69, 9.17) is 0 Å². The van der Waals surface area contributed by atoms with Crippen LogP contribution in [0, 0.1) is 11.6 Å². The third kappa shape index (κ3) is 2.95. The van der Waals surface area contributed by atoms with Gasteiger partial charge in [-0.2, -0.15) is 0 Å². The van der Waals surface area contributed by atoms with E-state index >= 15 is 0 Å². The summed E-state index contributed by atoms with van der Waals surface area (Å²) in [5.74, 6) is -2.39. The molecule has 0 saturated heterocycles. The molecule has 2 amide bonds. The van der Waals surface area contributed by atoms with Gasteiger partial charge in [0, 0.05) is 17.4 Å². The van der Waals surface area contributed by atoms with Crippen LogP contribution in [0.1, 0.15) is 11.1 Å². The summed E-state index contributed by atoms with van der Waals surface area (Å²) in [7, 11) is 0. The molecule has 0 aliphatic carbocycles. The minimum Gasteiger partial charge on any atom is -0.326 e. The maximum absolute atomic E-state index is 13.1. The molecule has 0 radical (unpaired) electrons. The first-order valence-corrected chi connectivity index (χ1v) is 6.68. The van der Waals surface area contributed by atoms with Gasteiger partial charge in [0.15, 0.2) is 11.6 Å². The molecule has 2 N–H and O–H groups in total. The van der Waals surface area contributed by atoms with Crippen molar-refractivity contribution >= 4 is 23.2 Å². The average Bonchev–Trinajstić information content (AvgIpc) is 2.82. The number of fused-ring (bicyclic) bond motifs is 1. The molecule has 0 unspecified atom stereocenters. The van der Waals surface area contributed by atoms with E-state index in [-0.39, 0.29) is 23.9 Å². The van der Waals surface area contributed by atoms with Gasteiger partial charge in [-0.1, -0.05) is 12.1 Å². The second-order valence-corrected chi connectivity index (χ2v) is 5.07. The molecule has 1 heterocycles. The van der Waals surface area contributed by atoms with E-state index in [1.165, 1.54) is 6.07 Å². The Labute approximate surface area is 125 Å². The molecule has 0 bridgehead atoms. The summed E-state index contributed by atoms with van der Waals surface area (Å²) in [6.07, 6.45) is 0.383. The Balaban J connectivity index is 1.68. The Kier molecular flexibility index (Phi) is 3.58. The van der Waals surface area contributed by atoms with E-state index in [9.17, 15) is 18.4 Å². The van der Waals surface area contributed by atoms with Gasteiger partial charge < -0.3 is 10.6 Å². The zero-order valence-corrected chi connectivity index (χ0v) is 11.5. The van der Waals surface area contributed by atoms with Crippen LogP contribution < -0.4 is 10.6 Å². The molecule has 0 atom stereocenters. The maximum Gasteiger partial charge on any atom is 0.228 e.